The summed E-state index contributed by atoms with van der Waals surface area (Å²) in [6.45, 7) is 0.999. The van der Waals surface area contributed by atoms with Crippen molar-refractivity contribution in [3.8, 4) is 0 Å². The largest absolute Gasteiger partial charge is 0.416 e. The van der Waals surface area contributed by atoms with Crippen LogP contribution in [0.25, 0.3) is 0 Å². The summed E-state index contributed by atoms with van der Waals surface area (Å²) in [4.78, 5) is 12.1. The van der Waals surface area contributed by atoms with E-state index in [-0.39, 0.29) is 23.5 Å². The number of carbonyl (C=O) groups excluding carboxylic acids is 1. The normalized spacial score (nSPS) is 21.8. The van der Waals surface area contributed by atoms with Crippen LogP contribution in [0, 0.1) is 5.92 Å². The lowest BCUT2D eigenvalue weighted by Gasteiger charge is -2.32. The molecule has 3 rings (SSSR count). The molecule has 2 fully saturated rings. The van der Waals surface area contributed by atoms with Crippen LogP contribution in [0.15, 0.2) is 24.3 Å². The fourth-order valence-corrected chi connectivity index (χ4v) is 5.33. The number of anilines is 1. The Morgan fingerprint density at radius 1 is 1.15 bits per heavy atom. The molecule has 1 aromatic rings. The van der Waals surface area contributed by atoms with Gasteiger partial charge in [0, 0.05) is 25.2 Å². The van der Waals surface area contributed by atoms with Crippen molar-refractivity contribution in [2.24, 2.45) is 5.92 Å². The van der Waals surface area contributed by atoms with E-state index in [9.17, 15) is 26.4 Å². The molecule has 1 heterocycles. The van der Waals surface area contributed by atoms with E-state index in [0.29, 0.717) is 25.2 Å². The summed E-state index contributed by atoms with van der Waals surface area (Å²) >= 11 is 0. The highest BCUT2D eigenvalue weighted by Crippen LogP contribution is 2.34. The van der Waals surface area contributed by atoms with Crippen molar-refractivity contribution in [2.45, 2.75) is 50.0 Å². The monoisotopic (exact) mass is 404 g/mol. The van der Waals surface area contributed by atoms with E-state index in [1.807, 2.05) is 0 Å². The quantitative estimate of drug-likeness (QED) is 0.787. The lowest BCUT2D eigenvalue weighted by atomic mass is 9.94. The van der Waals surface area contributed by atoms with Gasteiger partial charge < -0.3 is 5.32 Å². The van der Waals surface area contributed by atoms with Gasteiger partial charge in [-0.3, -0.25) is 4.79 Å². The summed E-state index contributed by atoms with van der Waals surface area (Å²) in [5.41, 5.74) is -0.450. The summed E-state index contributed by atoms with van der Waals surface area (Å²) in [6.07, 6.45) is -0.498. The van der Waals surface area contributed by atoms with Gasteiger partial charge in [-0.2, -0.15) is 13.2 Å². The third-order valence-electron chi connectivity index (χ3n) is 5.06. The van der Waals surface area contributed by atoms with Crippen LogP contribution in [0.1, 0.15) is 44.1 Å². The molecule has 1 N–H and O–H groups in total. The molecule has 0 bridgehead atoms. The Bertz CT molecular complexity index is 774. The van der Waals surface area contributed by atoms with Crippen molar-refractivity contribution < 1.29 is 26.4 Å². The standard InChI is InChI=1S/C18H23F3N2O3S/c19-18(20,21)14-4-6-15(7-5-14)22-17(24)10-3-13-2-1-11-23(12-13)27(25,26)16-8-9-16/h4-7,13,16H,1-3,8-12H2,(H,22,24)/t13-/m1/s1. The lowest BCUT2D eigenvalue weighted by Crippen LogP contribution is -2.41. The zero-order valence-corrected chi connectivity index (χ0v) is 15.7. The molecule has 1 aliphatic carbocycles. The Labute approximate surface area is 157 Å². The van der Waals surface area contributed by atoms with Crippen LogP contribution in [-0.4, -0.2) is 37.0 Å². The summed E-state index contributed by atoms with van der Waals surface area (Å²) in [5.74, 6) is -0.150. The predicted molar refractivity (Wildman–Crippen MR) is 95.5 cm³/mol. The first kappa shape index (κ1) is 20.1. The summed E-state index contributed by atoms with van der Waals surface area (Å²) in [6, 6.07) is 4.31. The molecule has 1 aliphatic heterocycles. The minimum Gasteiger partial charge on any atom is -0.326 e. The number of hydrogen-bond acceptors (Lipinski definition) is 3. The number of carbonyl (C=O) groups is 1. The zero-order valence-electron chi connectivity index (χ0n) is 14.8. The van der Waals surface area contributed by atoms with E-state index in [1.165, 1.54) is 12.1 Å². The van der Waals surface area contributed by atoms with E-state index in [2.05, 4.69) is 5.32 Å². The van der Waals surface area contributed by atoms with Gasteiger partial charge in [-0.15, -0.1) is 0 Å². The molecule has 2 aliphatic rings. The molecule has 150 valence electrons. The second-order valence-electron chi connectivity index (χ2n) is 7.27. The topological polar surface area (TPSA) is 66.5 Å². The Morgan fingerprint density at radius 2 is 1.81 bits per heavy atom. The Hall–Kier alpha value is -1.61. The molecular weight excluding hydrogens is 381 g/mol. The number of nitrogens with zero attached hydrogens (tertiary/aromatic N) is 1. The number of sulfonamides is 1. The van der Waals surface area contributed by atoms with Crippen molar-refractivity contribution in [3.05, 3.63) is 29.8 Å². The van der Waals surface area contributed by atoms with Gasteiger partial charge in [0.1, 0.15) is 0 Å². The Morgan fingerprint density at radius 3 is 2.41 bits per heavy atom. The van der Waals surface area contributed by atoms with Gasteiger partial charge in [-0.25, -0.2) is 12.7 Å². The molecule has 1 aromatic carbocycles. The van der Waals surface area contributed by atoms with E-state index in [4.69, 9.17) is 0 Å². The Kier molecular flexibility index (Phi) is 5.81. The average Bonchev–Trinajstić information content (AvgIpc) is 3.46. The van der Waals surface area contributed by atoms with Gasteiger partial charge in [0.15, 0.2) is 0 Å². The SMILES string of the molecule is O=C(CC[C@H]1CCCN(S(=O)(=O)C2CC2)C1)Nc1ccc(C(F)(F)F)cc1. The highest BCUT2D eigenvalue weighted by atomic mass is 32.2. The maximum absolute atomic E-state index is 12.5. The third kappa shape index (κ3) is 5.22. The number of hydrogen-bond donors (Lipinski definition) is 1. The average molecular weight is 404 g/mol. The van der Waals surface area contributed by atoms with Crippen LogP contribution >= 0.6 is 0 Å². The van der Waals surface area contributed by atoms with Gasteiger partial charge in [0.25, 0.3) is 0 Å². The van der Waals surface area contributed by atoms with Crippen LogP contribution in [-0.2, 0) is 21.0 Å². The van der Waals surface area contributed by atoms with Crippen molar-refractivity contribution in [1.29, 1.82) is 0 Å². The van der Waals surface area contributed by atoms with Gasteiger partial charge in [-0.1, -0.05) is 0 Å². The second-order valence-corrected chi connectivity index (χ2v) is 9.49. The molecular formula is C18H23F3N2O3S. The maximum atomic E-state index is 12.5. The fourth-order valence-electron chi connectivity index (χ4n) is 3.37. The van der Waals surface area contributed by atoms with Crippen molar-refractivity contribution in [2.75, 3.05) is 18.4 Å². The number of halogens is 3. The van der Waals surface area contributed by atoms with E-state index < -0.39 is 21.8 Å². The summed E-state index contributed by atoms with van der Waals surface area (Å²) in [5, 5.41) is 2.37. The lowest BCUT2D eigenvalue weighted by molar-refractivity contribution is -0.137. The van der Waals surface area contributed by atoms with E-state index >= 15 is 0 Å². The van der Waals surface area contributed by atoms with E-state index in [0.717, 1.165) is 37.8 Å². The predicted octanol–water partition coefficient (Wildman–Crippen LogP) is 3.63. The number of benzene rings is 1. The molecule has 5 nitrogen and oxygen atoms in total. The van der Waals surface area contributed by atoms with Crippen LogP contribution in [0.5, 0.6) is 0 Å². The van der Waals surface area contributed by atoms with Crippen LogP contribution in [0.2, 0.25) is 0 Å². The highest BCUT2D eigenvalue weighted by Gasteiger charge is 2.41. The first-order valence-electron chi connectivity index (χ1n) is 9.12. The first-order valence-corrected chi connectivity index (χ1v) is 10.6. The van der Waals surface area contributed by atoms with Gasteiger partial charge in [0.05, 0.1) is 10.8 Å². The Balaban J connectivity index is 1.47. The summed E-state index contributed by atoms with van der Waals surface area (Å²) < 4.78 is 63.9. The molecule has 1 saturated heterocycles. The number of rotatable bonds is 6. The molecule has 1 atom stereocenters. The van der Waals surface area contributed by atoms with Gasteiger partial charge >= 0.3 is 6.18 Å². The van der Waals surface area contributed by atoms with Crippen LogP contribution in [0.3, 0.4) is 0 Å². The molecule has 0 radical (unpaired) electrons. The zero-order chi connectivity index (χ0) is 19.7. The molecule has 0 aromatic heterocycles. The van der Waals surface area contributed by atoms with Crippen LogP contribution < -0.4 is 5.32 Å². The highest BCUT2D eigenvalue weighted by molar-refractivity contribution is 7.90. The smallest absolute Gasteiger partial charge is 0.326 e. The molecule has 0 spiro atoms. The maximum Gasteiger partial charge on any atom is 0.416 e. The van der Waals surface area contributed by atoms with Crippen molar-refractivity contribution >= 4 is 21.6 Å². The molecule has 1 saturated carbocycles. The number of nitrogens with one attached hydrogen (secondary N) is 1. The fraction of sp³-hybridized carbons (Fsp3) is 0.611. The van der Waals surface area contributed by atoms with Gasteiger partial charge in [-0.05, 0) is 62.3 Å². The first-order chi connectivity index (χ1) is 12.7. The van der Waals surface area contributed by atoms with Gasteiger partial charge in [0.2, 0.25) is 15.9 Å². The second kappa shape index (κ2) is 7.79. The van der Waals surface area contributed by atoms with Crippen LogP contribution in [0.4, 0.5) is 18.9 Å². The van der Waals surface area contributed by atoms with Crippen molar-refractivity contribution in [3.63, 3.8) is 0 Å². The molecule has 1 amide bonds. The number of piperidine rings is 1. The molecule has 27 heavy (non-hydrogen) atoms. The minimum atomic E-state index is -4.41. The minimum absolute atomic E-state index is 0.130. The number of amides is 1. The molecule has 0 unspecified atom stereocenters. The van der Waals surface area contributed by atoms with Crippen molar-refractivity contribution in [1.82, 2.24) is 4.31 Å². The number of alkyl halides is 3. The van der Waals surface area contributed by atoms with E-state index in [1.54, 1.807) is 4.31 Å². The third-order valence-corrected chi connectivity index (χ3v) is 7.43. The molecule has 9 heteroatoms. The summed E-state index contributed by atoms with van der Waals surface area (Å²) in [7, 11) is -3.18.